The largest absolute Gasteiger partial charge is 0.487 e. The molecular formula is C17H17N5O2. The van der Waals surface area contributed by atoms with Gasteiger partial charge in [0, 0.05) is 11.4 Å². The van der Waals surface area contributed by atoms with Crippen LogP contribution < -0.4 is 9.64 Å². The van der Waals surface area contributed by atoms with Crippen molar-refractivity contribution in [1.29, 1.82) is 0 Å². The molecule has 0 saturated carbocycles. The molecule has 0 fully saturated rings. The number of hydrogen-bond acceptors (Lipinski definition) is 5. The van der Waals surface area contributed by atoms with Crippen LogP contribution in [0, 0.1) is 13.8 Å². The summed E-state index contributed by atoms with van der Waals surface area (Å²) in [5, 5.41) is 4.34. The van der Waals surface area contributed by atoms with Gasteiger partial charge in [-0.05, 0) is 39.0 Å². The minimum atomic E-state index is -0.250. The number of carbonyl (C=O) groups excluding carboxylic acids is 1. The Kier molecular flexibility index (Phi) is 3.23. The Bertz CT molecular complexity index is 949. The quantitative estimate of drug-likeness (QED) is 0.686. The second-order valence-corrected chi connectivity index (χ2v) is 6.00. The predicted molar refractivity (Wildman–Crippen MR) is 88.5 cm³/mol. The van der Waals surface area contributed by atoms with E-state index in [0.717, 1.165) is 17.1 Å². The Morgan fingerprint density at radius 1 is 1.25 bits per heavy atom. The first kappa shape index (κ1) is 14.6. The van der Waals surface area contributed by atoms with Crippen molar-refractivity contribution in [2.24, 2.45) is 0 Å². The van der Waals surface area contributed by atoms with Gasteiger partial charge >= 0.3 is 0 Å². The molecule has 0 N–H and O–H groups in total. The minimum absolute atomic E-state index is 0.0945. The highest BCUT2D eigenvalue weighted by atomic mass is 16.5. The Morgan fingerprint density at radius 2 is 2.04 bits per heavy atom. The van der Waals surface area contributed by atoms with Crippen molar-refractivity contribution >= 4 is 17.4 Å². The number of hydrogen-bond donors (Lipinski definition) is 0. The molecule has 3 heterocycles. The number of amides is 1. The zero-order chi connectivity index (χ0) is 16.8. The fourth-order valence-corrected chi connectivity index (χ4v) is 2.96. The minimum Gasteiger partial charge on any atom is -0.487 e. The molecule has 0 bridgehead atoms. The van der Waals surface area contributed by atoms with E-state index in [-0.39, 0.29) is 17.8 Å². The molecule has 4 rings (SSSR count). The van der Waals surface area contributed by atoms with Gasteiger partial charge in [0.05, 0.1) is 12.2 Å². The van der Waals surface area contributed by atoms with E-state index in [0.29, 0.717) is 18.1 Å². The van der Waals surface area contributed by atoms with Crippen molar-refractivity contribution in [2.45, 2.75) is 26.9 Å². The highest BCUT2D eigenvalue weighted by Gasteiger charge is 2.30. The van der Waals surface area contributed by atoms with Crippen molar-refractivity contribution in [2.75, 3.05) is 11.4 Å². The molecule has 0 spiro atoms. The molecule has 1 amide bonds. The lowest BCUT2D eigenvalue weighted by atomic mass is 10.2. The summed E-state index contributed by atoms with van der Waals surface area (Å²) < 4.78 is 7.38. The Balaban J connectivity index is 1.78. The summed E-state index contributed by atoms with van der Waals surface area (Å²) in [6.45, 7) is 6.19. The summed E-state index contributed by atoms with van der Waals surface area (Å²) in [5.41, 5.74) is 2.47. The summed E-state index contributed by atoms with van der Waals surface area (Å²) >= 11 is 0. The highest BCUT2D eigenvalue weighted by molar-refractivity contribution is 6.05. The lowest BCUT2D eigenvalue weighted by Gasteiger charge is -2.32. The van der Waals surface area contributed by atoms with Crippen LogP contribution in [0.2, 0.25) is 0 Å². The fraction of sp³-hybridized carbons (Fsp3) is 0.294. The fourth-order valence-electron chi connectivity index (χ4n) is 2.96. The molecule has 1 aliphatic rings. The zero-order valence-electron chi connectivity index (χ0n) is 13.7. The van der Waals surface area contributed by atoms with E-state index in [1.54, 1.807) is 9.42 Å². The third-order valence-electron chi connectivity index (χ3n) is 3.98. The van der Waals surface area contributed by atoms with Gasteiger partial charge in [0.25, 0.3) is 11.7 Å². The van der Waals surface area contributed by atoms with Gasteiger partial charge in [-0.15, -0.1) is 5.10 Å². The smallest absolute Gasteiger partial charge is 0.298 e. The molecule has 0 radical (unpaired) electrons. The van der Waals surface area contributed by atoms with Crippen LogP contribution >= 0.6 is 0 Å². The van der Waals surface area contributed by atoms with Crippen LogP contribution in [0.4, 0.5) is 5.69 Å². The number of nitrogens with zero attached hydrogens (tertiary/aromatic N) is 5. The van der Waals surface area contributed by atoms with E-state index < -0.39 is 0 Å². The van der Waals surface area contributed by atoms with Crippen LogP contribution in [0.15, 0.2) is 30.3 Å². The molecule has 1 aromatic carbocycles. The maximum absolute atomic E-state index is 13.0. The summed E-state index contributed by atoms with van der Waals surface area (Å²) in [7, 11) is 0. The molecule has 122 valence electrons. The molecule has 0 saturated heterocycles. The van der Waals surface area contributed by atoms with E-state index >= 15 is 0 Å². The lowest BCUT2D eigenvalue weighted by molar-refractivity contribution is 0.0951. The van der Waals surface area contributed by atoms with Gasteiger partial charge in [-0.1, -0.05) is 12.1 Å². The third-order valence-corrected chi connectivity index (χ3v) is 3.98. The summed E-state index contributed by atoms with van der Waals surface area (Å²) in [6.07, 6.45) is -0.0945. The van der Waals surface area contributed by atoms with Crippen LogP contribution in [-0.2, 0) is 0 Å². The Morgan fingerprint density at radius 3 is 2.88 bits per heavy atom. The maximum Gasteiger partial charge on any atom is 0.298 e. The SMILES string of the molecule is Cc1cc(C)n2nc(C(=O)N3C[C@H](C)Oc4ccccc43)nc2n1. The van der Waals surface area contributed by atoms with Gasteiger partial charge in [0.1, 0.15) is 11.9 Å². The van der Waals surface area contributed by atoms with Crippen LogP contribution in [0.25, 0.3) is 5.78 Å². The number of fused-ring (bicyclic) bond motifs is 2. The zero-order valence-corrected chi connectivity index (χ0v) is 13.7. The number of benzene rings is 1. The van der Waals surface area contributed by atoms with Gasteiger partial charge < -0.3 is 4.74 Å². The molecule has 7 heteroatoms. The van der Waals surface area contributed by atoms with Crippen molar-refractivity contribution in [3.8, 4) is 5.75 Å². The van der Waals surface area contributed by atoms with Crippen LogP contribution in [0.5, 0.6) is 5.75 Å². The van der Waals surface area contributed by atoms with Crippen LogP contribution in [0.3, 0.4) is 0 Å². The van der Waals surface area contributed by atoms with E-state index in [9.17, 15) is 4.79 Å². The van der Waals surface area contributed by atoms with Gasteiger partial charge in [-0.25, -0.2) is 9.50 Å². The number of ether oxygens (including phenoxy) is 1. The topological polar surface area (TPSA) is 72.6 Å². The number of aromatic nitrogens is 4. The van der Waals surface area contributed by atoms with Crippen LogP contribution in [0.1, 0.15) is 28.9 Å². The standard InChI is InChI=1S/C17H17N5O2/c1-10-8-11(2)22-17(18-10)19-15(20-22)16(23)21-9-12(3)24-14-7-5-4-6-13(14)21/h4-8,12H,9H2,1-3H3/t12-/m0/s1. The predicted octanol–water partition coefficient (Wildman–Crippen LogP) is 2.17. The monoisotopic (exact) mass is 323 g/mol. The number of para-hydroxylation sites is 2. The molecule has 0 unspecified atom stereocenters. The first-order chi connectivity index (χ1) is 11.5. The van der Waals surface area contributed by atoms with Crippen molar-refractivity contribution in [3.63, 3.8) is 0 Å². The maximum atomic E-state index is 13.0. The molecule has 3 aromatic rings. The molecule has 2 aromatic heterocycles. The van der Waals surface area contributed by atoms with Crippen LogP contribution in [-0.4, -0.2) is 38.1 Å². The molecule has 7 nitrogen and oxygen atoms in total. The number of rotatable bonds is 1. The molecular weight excluding hydrogens is 306 g/mol. The van der Waals surface area contributed by atoms with Gasteiger partial charge in [0.2, 0.25) is 5.82 Å². The first-order valence-electron chi connectivity index (χ1n) is 7.81. The van der Waals surface area contributed by atoms with E-state index in [1.165, 1.54) is 0 Å². The number of carbonyl (C=O) groups is 1. The normalized spacial score (nSPS) is 16.8. The lowest BCUT2D eigenvalue weighted by Crippen LogP contribution is -2.42. The van der Waals surface area contributed by atoms with Crippen molar-refractivity contribution < 1.29 is 9.53 Å². The van der Waals surface area contributed by atoms with E-state index in [2.05, 4.69) is 15.1 Å². The highest BCUT2D eigenvalue weighted by Crippen LogP contribution is 2.33. The summed E-state index contributed by atoms with van der Waals surface area (Å²) in [4.78, 5) is 23.3. The molecule has 1 aliphatic heterocycles. The number of anilines is 1. The Labute approximate surface area is 138 Å². The molecule has 0 aliphatic carbocycles. The second-order valence-electron chi connectivity index (χ2n) is 6.00. The van der Waals surface area contributed by atoms with Gasteiger partial charge in [0.15, 0.2) is 0 Å². The molecule has 24 heavy (non-hydrogen) atoms. The van der Waals surface area contributed by atoms with E-state index in [1.807, 2.05) is 51.1 Å². The summed E-state index contributed by atoms with van der Waals surface area (Å²) in [6, 6.07) is 9.39. The van der Waals surface area contributed by atoms with Gasteiger partial charge in [-0.3, -0.25) is 9.69 Å². The summed E-state index contributed by atoms with van der Waals surface area (Å²) in [5.74, 6) is 1.02. The van der Waals surface area contributed by atoms with Gasteiger partial charge in [-0.2, -0.15) is 4.98 Å². The average Bonchev–Trinajstić information content (AvgIpc) is 2.97. The van der Waals surface area contributed by atoms with E-state index in [4.69, 9.17) is 4.74 Å². The van der Waals surface area contributed by atoms with Crippen molar-refractivity contribution in [1.82, 2.24) is 19.6 Å². The Hall–Kier alpha value is -2.96. The number of aryl methyl sites for hydroxylation is 2. The molecule has 1 atom stereocenters. The van der Waals surface area contributed by atoms with Crippen molar-refractivity contribution in [3.05, 3.63) is 47.5 Å². The second kappa shape index (κ2) is 5.30. The average molecular weight is 323 g/mol. The first-order valence-corrected chi connectivity index (χ1v) is 7.81. The third kappa shape index (κ3) is 2.29.